The van der Waals surface area contributed by atoms with Crippen molar-refractivity contribution in [1.82, 2.24) is 0 Å². The van der Waals surface area contributed by atoms with E-state index in [4.69, 9.17) is 4.74 Å². The standard InChI is InChI=1S/C23H29FO/c1-5-16-9-11-18(20-15-17(25-4)10-12-22(20)24)19(14-16)21-8-6-7-13-23(21,2)3/h9-12,14-15,21H,5-8,13H2,1-4H3/t21-/m0/s1. The summed E-state index contributed by atoms with van der Waals surface area (Å²) in [7, 11) is 1.63. The van der Waals surface area contributed by atoms with Gasteiger partial charge in [-0.05, 0) is 65.5 Å². The van der Waals surface area contributed by atoms with Gasteiger partial charge in [0, 0.05) is 5.56 Å². The molecule has 2 heteroatoms. The maximum Gasteiger partial charge on any atom is 0.131 e. The molecule has 0 bridgehead atoms. The molecule has 3 rings (SSSR count). The molecule has 0 spiro atoms. The lowest BCUT2D eigenvalue weighted by molar-refractivity contribution is 0.200. The first-order chi connectivity index (χ1) is 12.0. The van der Waals surface area contributed by atoms with Crippen LogP contribution in [0.5, 0.6) is 5.75 Å². The van der Waals surface area contributed by atoms with Crippen LogP contribution >= 0.6 is 0 Å². The van der Waals surface area contributed by atoms with Crippen LogP contribution in [0.4, 0.5) is 4.39 Å². The first kappa shape index (κ1) is 18.0. The monoisotopic (exact) mass is 340 g/mol. The van der Waals surface area contributed by atoms with Gasteiger partial charge in [-0.2, -0.15) is 0 Å². The van der Waals surface area contributed by atoms with Crippen LogP contribution in [0.15, 0.2) is 36.4 Å². The zero-order chi connectivity index (χ0) is 18.0. The van der Waals surface area contributed by atoms with E-state index in [1.54, 1.807) is 13.2 Å². The van der Waals surface area contributed by atoms with Gasteiger partial charge in [0.15, 0.2) is 0 Å². The van der Waals surface area contributed by atoms with Gasteiger partial charge >= 0.3 is 0 Å². The third-order valence-electron chi connectivity index (χ3n) is 5.87. The Kier molecular flexibility index (Phi) is 5.17. The van der Waals surface area contributed by atoms with Crippen LogP contribution in [0, 0.1) is 11.2 Å². The molecule has 0 radical (unpaired) electrons. The topological polar surface area (TPSA) is 9.23 Å². The highest BCUT2D eigenvalue weighted by atomic mass is 19.1. The van der Waals surface area contributed by atoms with Crippen molar-refractivity contribution in [2.24, 2.45) is 5.41 Å². The van der Waals surface area contributed by atoms with Gasteiger partial charge in [0.05, 0.1) is 7.11 Å². The average Bonchev–Trinajstić information content (AvgIpc) is 2.61. The molecule has 0 aromatic heterocycles. The fourth-order valence-electron chi connectivity index (χ4n) is 4.27. The van der Waals surface area contributed by atoms with Crippen molar-refractivity contribution in [2.75, 3.05) is 7.11 Å². The molecule has 1 aliphatic carbocycles. The van der Waals surface area contributed by atoms with Gasteiger partial charge in [-0.3, -0.25) is 0 Å². The molecule has 0 unspecified atom stereocenters. The smallest absolute Gasteiger partial charge is 0.131 e. The van der Waals surface area contributed by atoms with Crippen LogP contribution in [-0.2, 0) is 6.42 Å². The number of ether oxygens (including phenoxy) is 1. The van der Waals surface area contributed by atoms with Crippen LogP contribution in [0.3, 0.4) is 0 Å². The molecule has 1 fully saturated rings. The minimum atomic E-state index is -0.181. The highest BCUT2D eigenvalue weighted by molar-refractivity contribution is 5.71. The van der Waals surface area contributed by atoms with Gasteiger partial charge in [-0.25, -0.2) is 4.39 Å². The molecule has 0 saturated heterocycles. The van der Waals surface area contributed by atoms with Crippen molar-refractivity contribution >= 4 is 0 Å². The summed E-state index contributed by atoms with van der Waals surface area (Å²) in [6, 6.07) is 11.6. The molecule has 0 aliphatic heterocycles. The third-order valence-corrected chi connectivity index (χ3v) is 5.87. The van der Waals surface area contributed by atoms with Crippen molar-refractivity contribution < 1.29 is 9.13 Å². The molecular weight excluding hydrogens is 311 g/mol. The minimum Gasteiger partial charge on any atom is -0.497 e. The van der Waals surface area contributed by atoms with Crippen LogP contribution in [-0.4, -0.2) is 7.11 Å². The van der Waals surface area contributed by atoms with E-state index in [0.29, 0.717) is 17.2 Å². The second-order valence-electron chi connectivity index (χ2n) is 7.91. The van der Waals surface area contributed by atoms with E-state index in [9.17, 15) is 4.39 Å². The summed E-state index contributed by atoms with van der Waals surface area (Å²) in [4.78, 5) is 0. The summed E-state index contributed by atoms with van der Waals surface area (Å²) < 4.78 is 20.0. The SMILES string of the molecule is CCc1ccc(-c2cc(OC)ccc2F)c([C@@H]2CCCCC2(C)C)c1. The van der Waals surface area contributed by atoms with E-state index in [2.05, 4.69) is 39.0 Å². The lowest BCUT2D eigenvalue weighted by Gasteiger charge is -2.40. The van der Waals surface area contributed by atoms with Gasteiger partial charge in [0.1, 0.15) is 11.6 Å². The lowest BCUT2D eigenvalue weighted by atomic mass is 9.65. The molecule has 25 heavy (non-hydrogen) atoms. The molecule has 134 valence electrons. The number of aryl methyl sites for hydroxylation is 1. The predicted molar refractivity (Wildman–Crippen MR) is 103 cm³/mol. The maximum atomic E-state index is 14.7. The Morgan fingerprint density at radius 1 is 1.08 bits per heavy atom. The van der Waals surface area contributed by atoms with Gasteiger partial charge in [-0.1, -0.05) is 51.8 Å². The molecule has 0 amide bonds. The fraction of sp³-hybridized carbons (Fsp3) is 0.478. The Morgan fingerprint density at radius 2 is 1.88 bits per heavy atom. The maximum absolute atomic E-state index is 14.7. The van der Waals surface area contributed by atoms with Crippen LogP contribution in [0.1, 0.15) is 63.5 Å². The first-order valence-electron chi connectivity index (χ1n) is 9.43. The van der Waals surface area contributed by atoms with Crippen LogP contribution in [0.2, 0.25) is 0 Å². The summed E-state index contributed by atoms with van der Waals surface area (Å²) in [6.45, 7) is 6.90. The molecule has 1 atom stereocenters. The highest BCUT2D eigenvalue weighted by Gasteiger charge is 2.35. The van der Waals surface area contributed by atoms with Crippen molar-refractivity contribution in [3.63, 3.8) is 0 Å². The van der Waals surface area contributed by atoms with E-state index in [1.165, 1.54) is 42.9 Å². The van der Waals surface area contributed by atoms with E-state index >= 15 is 0 Å². The highest BCUT2D eigenvalue weighted by Crippen LogP contribution is 2.49. The quantitative estimate of drug-likeness (QED) is 0.598. The zero-order valence-corrected chi connectivity index (χ0v) is 15.9. The zero-order valence-electron chi connectivity index (χ0n) is 15.9. The number of rotatable bonds is 4. The van der Waals surface area contributed by atoms with Crippen LogP contribution in [0.25, 0.3) is 11.1 Å². The third kappa shape index (κ3) is 3.58. The predicted octanol–water partition coefficient (Wildman–Crippen LogP) is 6.75. The molecule has 0 heterocycles. The number of halogens is 1. The van der Waals surface area contributed by atoms with E-state index in [-0.39, 0.29) is 11.2 Å². The summed E-state index contributed by atoms with van der Waals surface area (Å²) in [6.07, 6.45) is 5.96. The number of benzene rings is 2. The Hall–Kier alpha value is -1.83. The van der Waals surface area contributed by atoms with E-state index in [0.717, 1.165) is 12.0 Å². The van der Waals surface area contributed by atoms with Gasteiger partial charge in [0.25, 0.3) is 0 Å². The van der Waals surface area contributed by atoms with Gasteiger partial charge in [-0.15, -0.1) is 0 Å². The van der Waals surface area contributed by atoms with Crippen molar-refractivity contribution in [3.8, 4) is 16.9 Å². The Labute approximate surface area is 151 Å². The molecule has 1 saturated carbocycles. The van der Waals surface area contributed by atoms with Crippen molar-refractivity contribution in [2.45, 2.75) is 58.8 Å². The summed E-state index contributed by atoms with van der Waals surface area (Å²) >= 11 is 0. The van der Waals surface area contributed by atoms with Gasteiger partial charge in [0.2, 0.25) is 0 Å². The van der Waals surface area contributed by atoms with Gasteiger partial charge < -0.3 is 4.74 Å². The van der Waals surface area contributed by atoms with E-state index in [1.807, 2.05) is 6.07 Å². The normalized spacial score (nSPS) is 19.6. The Morgan fingerprint density at radius 3 is 2.56 bits per heavy atom. The molecule has 1 nitrogen and oxygen atoms in total. The number of hydrogen-bond donors (Lipinski definition) is 0. The molecule has 2 aromatic carbocycles. The summed E-state index contributed by atoms with van der Waals surface area (Å²) in [5.41, 5.74) is 4.54. The number of methoxy groups -OCH3 is 1. The largest absolute Gasteiger partial charge is 0.497 e. The first-order valence-corrected chi connectivity index (χ1v) is 9.43. The Balaban J connectivity index is 2.17. The second-order valence-corrected chi connectivity index (χ2v) is 7.91. The molecule has 1 aliphatic rings. The average molecular weight is 340 g/mol. The summed E-state index contributed by atoms with van der Waals surface area (Å²) in [5.74, 6) is 0.984. The molecule has 2 aromatic rings. The summed E-state index contributed by atoms with van der Waals surface area (Å²) in [5, 5.41) is 0. The van der Waals surface area contributed by atoms with Crippen molar-refractivity contribution in [1.29, 1.82) is 0 Å². The second kappa shape index (κ2) is 7.19. The van der Waals surface area contributed by atoms with Crippen molar-refractivity contribution in [3.05, 3.63) is 53.3 Å². The Bertz CT molecular complexity index is 748. The van der Waals surface area contributed by atoms with E-state index < -0.39 is 0 Å². The minimum absolute atomic E-state index is 0.181. The fourth-order valence-corrected chi connectivity index (χ4v) is 4.27. The van der Waals surface area contributed by atoms with Crippen LogP contribution < -0.4 is 4.74 Å². The molecule has 0 N–H and O–H groups in total. The lowest BCUT2D eigenvalue weighted by Crippen LogP contribution is -2.26. The molecular formula is C23H29FO. The number of hydrogen-bond acceptors (Lipinski definition) is 1.